The number of nitrogens with one attached hydrogen (secondary N) is 2. The van der Waals surface area contributed by atoms with Gasteiger partial charge in [-0.15, -0.1) is 12.4 Å². The minimum absolute atomic E-state index is 0. The molecule has 1 heterocycles. The lowest BCUT2D eigenvalue weighted by Crippen LogP contribution is -2.43. The number of fused-ring (bicyclic) bond motifs is 1. The number of hydrogen-bond acceptors (Lipinski definition) is 2. The normalized spacial score (nSPS) is 26.2. The van der Waals surface area contributed by atoms with Gasteiger partial charge in [-0.3, -0.25) is 4.79 Å². The molecule has 23 heavy (non-hydrogen) atoms. The van der Waals surface area contributed by atoms with E-state index in [1.165, 1.54) is 36.8 Å². The SMILES string of the molecule is CCc1ccc(CCNC(=O)C2CC3CCCCC3N2)cc1.Cl. The van der Waals surface area contributed by atoms with Crippen LogP contribution in [-0.2, 0) is 17.6 Å². The first-order valence-electron chi connectivity index (χ1n) is 8.88. The van der Waals surface area contributed by atoms with Crippen LogP contribution in [0.2, 0.25) is 0 Å². The Hall–Kier alpha value is -1.06. The fraction of sp³-hybridized carbons (Fsp3) is 0.632. The Balaban J connectivity index is 0.00000192. The summed E-state index contributed by atoms with van der Waals surface area (Å²) in [5.41, 5.74) is 2.66. The molecule has 0 radical (unpaired) electrons. The Morgan fingerprint density at radius 1 is 1.17 bits per heavy atom. The van der Waals surface area contributed by atoms with E-state index in [0.29, 0.717) is 6.04 Å². The van der Waals surface area contributed by atoms with Crippen molar-refractivity contribution in [1.29, 1.82) is 0 Å². The third kappa shape index (κ3) is 4.71. The van der Waals surface area contributed by atoms with Crippen molar-refractivity contribution in [2.75, 3.05) is 6.54 Å². The number of carbonyl (C=O) groups excluding carboxylic acids is 1. The van der Waals surface area contributed by atoms with E-state index in [1.54, 1.807) is 0 Å². The van der Waals surface area contributed by atoms with Gasteiger partial charge in [-0.25, -0.2) is 0 Å². The topological polar surface area (TPSA) is 41.1 Å². The maximum atomic E-state index is 12.3. The average Bonchev–Trinajstić information content (AvgIpc) is 2.99. The number of rotatable bonds is 5. The van der Waals surface area contributed by atoms with Crippen molar-refractivity contribution in [2.45, 2.75) is 64.0 Å². The quantitative estimate of drug-likeness (QED) is 0.866. The van der Waals surface area contributed by atoms with Gasteiger partial charge < -0.3 is 10.6 Å². The van der Waals surface area contributed by atoms with E-state index in [1.807, 2.05) is 0 Å². The molecule has 1 aromatic rings. The molecule has 0 spiro atoms. The average molecular weight is 337 g/mol. The lowest BCUT2D eigenvalue weighted by Gasteiger charge is -2.24. The summed E-state index contributed by atoms with van der Waals surface area (Å²) in [7, 11) is 0. The van der Waals surface area contributed by atoms with Gasteiger partial charge in [-0.05, 0) is 49.1 Å². The Bertz CT molecular complexity index is 489. The third-order valence-electron chi connectivity index (χ3n) is 5.32. The Kier molecular flexibility index (Phi) is 6.91. The van der Waals surface area contributed by atoms with Gasteiger partial charge in [0.15, 0.2) is 0 Å². The fourth-order valence-corrected chi connectivity index (χ4v) is 3.92. The molecule has 3 rings (SSSR count). The highest BCUT2D eigenvalue weighted by atomic mass is 35.5. The van der Waals surface area contributed by atoms with Crippen molar-refractivity contribution in [3.8, 4) is 0 Å². The molecule has 3 nitrogen and oxygen atoms in total. The second-order valence-electron chi connectivity index (χ2n) is 6.82. The highest BCUT2D eigenvalue weighted by Gasteiger charge is 2.37. The number of amides is 1. The van der Waals surface area contributed by atoms with Crippen molar-refractivity contribution in [3.05, 3.63) is 35.4 Å². The van der Waals surface area contributed by atoms with Crippen LogP contribution in [0, 0.1) is 5.92 Å². The van der Waals surface area contributed by atoms with Crippen LogP contribution in [0.5, 0.6) is 0 Å². The Morgan fingerprint density at radius 3 is 2.57 bits per heavy atom. The number of halogens is 1. The summed E-state index contributed by atoms with van der Waals surface area (Å²) in [5, 5.41) is 6.65. The smallest absolute Gasteiger partial charge is 0.237 e. The van der Waals surface area contributed by atoms with Gasteiger partial charge in [0.1, 0.15) is 0 Å². The minimum Gasteiger partial charge on any atom is -0.354 e. The van der Waals surface area contributed by atoms with Crippen molar-refractivity contribution in [3.63, 3.8) is 0 Å². The molecule has 1 amide bonds. The second kappa shape index (κ2) is 8.70. The van der Waals surface area contributed by atoms with Crippen molar-refractivity contribution in [1.82, 2.24) is 10.6 Å². The van der Waals surface area contributed by atoms with Crippen LogP contribution in [0.25, 0.3) is 0 Å². The van der Waals surface area contributed by atoms with Crippen LogP contribution in [0.1, 0.15) is 50.2 Å². The van der Waals surface area contributed by atoms with E-state index < -0.39 is 0 Å². The molecule has 4 heteroatoms. The minimum atomic E-state index is 0. The first-order valence-corrected chi connectivity index (χ1v) is 8.88. The summed E-state index contributed by atoms with van der Waals surface area (Å²) in [6, 6.07) is 9.34. The number of benzene rings is 1. The van der Waals surface area contributed by atoms with Gasteiger partial charge in [0.25, 0.3) is 0 Å². The van der Waals surface area contributed by atoms with Crippen LogP contribution in [0.4, 0.5) is 0 Å². The first kappa shape index (κ1) is 18.3. The predicted molar refractivity (Wildman–Crippen MR) is 97.1 cm³/mol. The summed E-state index contributed by atoms with van der Waals surface area (Å²) in [4.78, 5) is 12.3. The molecule has 2 N–H and O–H groups in total. The molecule has 0 aromatic heterocycles. The van der Waals surface area contributed by atoms with Crippen molar-refractivity contribution >= 4 is 18.3 Å². The van der Waals surface area contributed by atoms with Crippen LogP contribution in [-0.4, -0.2) is 24.5 Å². The molecule has 1 aliphatic heterocycles. The van der Waals surface area contributed by atoms with Crippen LogP contribution in [0.15, 0.2) is 24.3 Å². The molecule has 1 saturated carbocycles. The van der Waals surface area contributed by atoms with E-state index in [4.69, 9.17) is 0 Å². The largest absolute Gasteiger partial charge is 0.354 e. The lowest BCUT2D eigenvalue weighted by molar-refractivity contribution is -0.122. The maximum absolute atomic E-state index is 12.3. The number of hydrogen-bond donors (Lipinski definition) is 2. The molecule has 0 bridgehead atoms. The summed E-state index contributed by atoms with van der Waals surface area (Å²) in [6.07, 6.45) is 8.22. The molecule has 3 unspecified atom stereocenters. The molecular formula is C19H29ClN2O. The maximum Gasteiger partial charge on any atom is 0.237 e. The van der Waals surface area contributed by atoms with Gasteiger partial charge in [0.2, 0.25) is 5.91 Å². The molecule has 2 aliphatic rings. The van der Waals surface area contributed by atoms with Crippen LogP contribution < -0.4 is 10.6 Å². The van der Waals surface area contributed by atoms with Gasteiger partial charge in [-0.1, -0.05) is 44.0 Å². The highest BCUT2D eigenvalue weighted by molar-refractivity contribution is 5.85. The van der Waals surface area contributed by atoms with E-state index in [9.17, 15) is 4.79 Å². The van der Waals surface area contributed by atoms with Crippen LogP contribution >= 0.6 is 12.4 Å². The molecule has 3 atom stereocenters. The van der Waals surface area contributed by atoms with Crippen molar-refractivity contribution < 1.29 is 4.79 Å². The summed E-state index contributed by atoms with van der Waals surface area (Å²) in [5.74, 6) is 0.922. The highest BCUT2D eigenvalue weighted by Crippen LogP contribution is 2.33. The predicted octanol–water partition coefficient (Wildman–Crippen LogP) is 3.25. The summed E-state index contributed by atoms with van der Waals surface area (Å²) >= 11 is 0. The van der Waals surface area contributed by atoms with E-state index in [0.717, 1.165) is 31.7 Å². The van der Waals surface area contributed by atoms with E-state index in [-0.39, 0.29) is 24.4 Å². The van der Waals surface area contributed by atoms with Crippen LogP contribution in [0.3, 0.4) is 0 Å². The number of carbonyl (C=O) groups is 1. The zero-order valence-corrected chi connectivity index (χ0v) is 14.8. The van der Waals surface area contributed by atoms with Gasteiger partial charge in [0.05, 0.1) is 6.04 Å². The molecule has 1 aromatic carbocycles. The Labute approximate surface area is 146 Å². The number of aryl methyl sites for hydroxylation is 1. The van der Waals surface area contributed by atoms with E-state index >= 15 is 0 Å². The first-order chi connectivity index (χ1) is 10.8. The third-order valence-corrected chi connectivity index (χ3v) is 5.32. The molecule has 1 saturated heterocycles. The monoisotopic (exact) mass is 336 g/mol. The lowest BCUT2D eigenvalue weighted by atomic mass is 9.85. The van der Waals surface area contributed by atoms with Gasteiger partial charge >= 0.3 is 0 Å². The zero-order chi connectivity index (χ0) is 15.4. The van der Waals surface area contributed by atoms with Crippen molar-refractivity contribution in [2.24, 2.45) is 5.92 Å². The Morgan fingerprint density at radius 2 is 1.87 bits per heavy atom. The molecule has 128 valence electrons. The standard InChI is InChI=1S/C19H28N2O.ClH/c1-2-14-7-9-15(10-8-14)11-12-20-19(22)18-13-16-5-3-4-6-17(16)21-18;/h7-10,16-18,21H,2-6,11-13H2,1H3,(H,20,22);1H. The van der Waals surface area contributed by atoms with E-state index in [2.05, 4.69) is 41.8 Å². The molecule has 1 aliphatic carbocycles. The van der Waals surface area contributed by atoms with Gasteiger partial charge in [0, 0.05) is 12.6 Å². The second-order valence-corrected chi connectivity index (χ2v) is 6.82. The molecule has 2 fully saturated rings. The molecular weight excluding hydrogens is 308 g/mol. The summed E-state index contributed by atoms with van der Waals surface area (Å²) < 4.78 is 0. The fourth-order valence-electron chi connectivity index (χ4n) is 3.92. The zero-order valence-electron chi connectivity index (χ0n) is 14.0. The van der Waals surface area contributed by atoms with Gasteiger partial charge in [-0.2, -0.15) is 0 Å². The summed E-state index contributed by atoms with van der Waals surface area (Å²) in [6.45, 7) is 2.90.